The standard InChI is InChI=1S/C9H13F3N2O3/c1-5(2)14(7(15)9(10,11)12)6-3-13(4-6)8(16)17/h5-6H,3-4H2,1-2H3,(H,16,17). The lowest BCUT2D eigenvalue weighted by molar-refractivity contribution is -0.192. The van der Waals surface area contributed by atoms with Crippen molar-refractivity contribution in [3.63, 3.8) is 0 Å². The molecule has 1 fully saturated rings. The first-order chi connectivity index (χ1) is 7.64. The summed E-state index contributed by atoms with van der Waals surface area (Å²) in [6.07, 6.45) is -6.11. The Morgan fingerprint density at radius 1 is 1.35 bits per heavy atom. The molecule has 0 unspecified atom stereocenters. The number of halogens is 3. The summed E-state index contributed by atoms with van der Waals surface area (Å²) in [4.78, 5) is 23.3. The Morgan fingerprint density at radius 2 is 1.82 bits per heavy atom. The van der Waals surface area contributed by atoms with Crippen LogP contribution in [0.15, 0.2) is 0 Å². The van der Waals surface area contributed by atoms with Gasteiger partial charge in [0, 0.05) is 19.1 Å². The second-order valence-electron chi connectivity index (χ2n) is 4.15. The van der Waals surface area contributed by atoms with Gasteiger partial charge in [-0.3, -0.25) is 4.79 Å². The van der Waals surface area contributed by atoms with E-state index in [1.54, 1.807) is 0 Å². The van der Waals surface area contributed by atoms with Crippen molar-refractivity contribution in [1.82, 2.24) is 9.80 Å². The molecule has 1 aliphatic rings. The molecule has 0 saturated carbocycles. The maximum absolute atomic E-state index is 12.3. The molecule has 0 aromatic rings. The van der Waals surface area contributed by atoms with E-state index in [9.17, 15) is 22.8 Å². The number of hydrogen-bond acceptors (Lipinski definition) is 2. The van der Waals surface area contributed by atoms with Crippen molar-refractivity contribution in [3.8, 4) is 0 Å². The Kier molecular flexibility index (Phi) is 3.53. The Bertz CT molecular complexity index is 324. The minimum Gasteiger partial charge on any atom is -0.465 e. The predicted molar refractivity (Wildman–Crippen MR) is 51.4 cm³/mol. The first-order valence-corrected chi connectivity index (χ1v) is 5.02. The maximum Gasteiger partial charge on any atom is 0.471 e. The number of alkyl halides is 3. The van der Waals surface area contributed by atoms with E-state index in [0.29, 0.717) is 4.90 Å². The zero-order chi connectivity index (χ0) is 13.4. The van der Waals surface area contributed by atoms with Gasteiger partial charge in [0.1, 0.15) is 0 Å². The second-order valence-corrected chi connectivity index (χ2v) is 4.15. The monoisotopic (exact) mass is 254 g/mol. The third kappa shape index (κ3) is 2.80. The number of likely N-dealkylation sites (tertiary alicyclic amines) is 1. The van der Waals surface area contributed by atoms with Crippen LogP contribution in [0.1, 0.15) is 13.8 Å². The molecule has 0 bridgehead atoms. The van der Waals surface area contributed by atoms with Crippen LogP contribution < -0.4 is 0 Å². The lowest BCUT2D eigenvalue weighted by Gasteiger charge is -2.45. The van der Waals surface area contributed by atoms with E-state index in [2.05, 4.69) is 0 Å². The summed E-state index contributed by atoms with van der Waals surface area (Å²) in [6.45, 7) is 2.78. The van der Waals surface area contributed by atoms with E-state index in [1.807, 2.05) is 0 Å². The van der Waals surface area contributed by atoms with Gasteiger partial charge in [-0.1, -0.05) is 0 Å². The van der Waals surface area contributed by atoms with Crippen molar-refractivity contribution in [1.29, 1.82) is 0 Å². The van der Waals surface area contributed by atoms with Gasteiger partial charge in [-0.2, -0.15) is 13.2 Å². The highest BCUT2D eigenvalue weighted by Crippen LogP contribution is 2.25. The molecular formula is C9H13F3N2O3. The van der Waals surface area contributed by atoms with E-state index < -0.39 is 30.3 Å². The first-order valence-electron chi connectivity index (χ1n) is 5.02. The summed E-state index contributed by atoms with van der Waals surface area (Å²) in [5.41, 5.74) is 0. The molecule has 1 rings (SSSR count). The van der Waals surface area contributed by atoms with Crippen molar-refractivity contribution in [2.45, 2.75) is 32.1 Å². The van der Waals surface area contributed by atoms with Crippen molar-refractivity contribution in [2.24, 2.45) is 0 Å². The van der Waals surface area contributed by atoms with Crippen LogP contribution in [-0.4, -0.2) is 58.3 Å². The Labute approximate surface area is 95.8 Å². The topological polar surface area (TPSA) is 60.9 Å². The minimum absolute atomic E-state index is 0.0741. The van der Waals surface area contributed by atoms with E-state index >= 15 is 0 Å². The van der Waals surface area contributed by atoms with Gasteiger partial charge in [-0.15, -0.1) is 0 Å². The minimum atomic E-state index is -4.92. The van der Waals surface area contributed by atoms with Gasteiger partial charge < -0.3 is 14.9 Å². The van der Waals surface area contributed by atoms with Gasteiger partial charge >= 0.3 is 18.2 Å². The number of carbonyl (C=O) groups is 2. The molecule has 0 aromatic carbocycles. The number of carbonyl (C=O) groups excluding carboxylic acids is 1. The average Bonchev–Trinajstić information content (AvgIpc) is 2.05. The summed E-state index contributed by atoms with van der Waals surface area (Å²) in [5, 5.41) is 8.57. The highest BCUT2D eigenvalue weighted by molar-refractivity contribution is 5.82. The van der Waals surface area contributed by atoms with Crippen molar-refractivity contribution in [2.75, 3.05) is 13.1 Å². The fourth-order valence-corrected chi connectivity index (χ4v) is 1.76. The molecule has 2 amide bonds. The van der Waals surface area contributed by atoms with Crippen LogP contribution in [-0.2, 0) is 4.79 Å². The molecular weight excluding hydrogens is 241 g/mol. The van der Waals surface area contributed by atoms with Crippen molar-refractivity contribution < 1.29 is 27.9 Å². The molecule has 0 aliphatic carbocycles. The Balaban J connectivity index is 2.70. The van der Waals surface area contributed by atoms with Gasteiger partial charge in [0.2, 0.25) is 0 Å². The number of hydrogen-bond donors (Lipinski definition) is 1. The zero-order valence-corrected chi connectivity index (χ0v) is 9.36. The van der Waals surface area contributed by atoms with Crippen molar-refractivity contribution in [3.05, 3.63) is 0 Å². The van der Waals surface area contributed by atoms with Gasteiger partial charge in [-0.05, 0) is 13.8 Å². The molecule has 5 nitrogen and oxygen atoms in total. The summed E-state index contributed by atoms with van der Waals surface area (Å²) in [5.74, 6) is -1.91. The zero-order valence-electron chi connectivity index (χ0n) is 9.36. The smallest absolute Gasteiger partial charge is 0.465 e. The fraction of sp³-hybridized carbons (Fsp3) is 0.778. The lowest BCUT2D eigenvalue weighted by atomic mass is 10.1. The van der Waals surface area contributed by atoms with E-state index in [-0.39, 0.29) is 13.1 Å². The largest absolute Gasteiger partial charge is 0.471 e. The number of rotatable bonds is 2. The summed E-state index contributed by atoms with van der Waals surface area (Å²) >= 11 is 0. The molecule has 0 atom stereocenters. The molecule has 1 aliphatic heterocycles. The third-order valence-corrected chi connectivity index (χ3v) is 2.56. The van der Waals surface area contributed by atoms with Gasteiger partial charge in [-0.25, -0.2) is 4.79 Å². The van der Waals surface area contributed by atoms with Crippen LogP contribution in [0.2, 0.25) is 0 Å². The maximum atomic E-state index is 12.3. The number of carboxylic acid groups (broad SMARTS) is 1. The van der Waals surface area contributed by atoms with E-state index in [1.165, 1.54) is 13.8 Å². The molecule has 1 heterocycles. The summed E-state index contributed by atoms with van der Waals surface area (Å²) in [7, 11) is 0. The van der Waals surface area contributed by atoms with Gasteiger partial charge in [0.05, 0.1) is 6.04 Å². The molecule has 1 saturated heterocycles. The summed E-state index contributed by atoms with van der Waals surface area (Å²) in [6, 6.07) is -1.31. The predicted octanol–water partition coefficient (Wildman–Crippen LogP) is 1.15. The van der Waals surface area contributed by atoms with Crippen LogP contribution in [0.4, 0.5) is 18.0 Å². The quantitative estimate of drug-likeness (QED) is 0.804. The Morgan fingerprint density at radius 3 is 2.12 bits per heavy atom. The van der Waals surface area contributed by atoms with Gasteiger partial charge in [0.25, 0.3) is 0 Å². The second kappa shape index (κ2) is 4.42. The highest BCUT2D eigenvalue weighted by Gasteiger charge is 2.48. The third-order valence-electron chi connectivity index (χ3n) is 2.56. The van der Waals surface area contributed by atoms with Gasteiger partial charge in [0.15, 0.2) is 0 Å². The van der Waals surface area contributed by atoms with Crippen molar-refractivity contribution >= 4 is 12.0 Å². The molecule has 98 valence electrons. The highest BCUT2D eigenvalue weighted by atomic mass is 19.4. The SMILES string of the molecule is CC(C)N(C(=O)C(F)(F)F)C1CN(C(=O)O)C1. The Hall–Kier alpha value is -1.47. The average molecular weight is 254 g/mol. The normalized spacial score (nSPS) is 16.9. The molecule has 17 heavy (non-hydrogen) atoms. The lowest BCUT2D eigenvalue weighted by Crippen LogP contribution is -2.65. The first kappa shape index (κ1) is 13.6. The van der Waals surface area contributed by atoms with Crippen LogP contribution in [0.3, 0.4) is 0 Å². The number of amides is 2. The van der Waals surface area contributed by atoms with Crippen LogP contribution in [0, 0.1) is 0 Å². The van der Waals surface area contributed by atoms with Crippen LogP contribution >= 0.6 is 0 Å². The number of nitrogens with zero attached hydrogens (tertiary/aromatic N) is 2. The van der Waals surface area contributed by atoms with Crippen LogP contribution in [0.25, 0.3) is 0 Å². The van der Waals surface area contributed by atoms with Crippen LogP contribution in [0.5, 0.6) is 0 Å². The van der Waals surface area contributed by atoms with E-state index in [0.717, 1.165) is 4.90 Å². The molecule has 1 N–H and O–H groups in total. The molecule has 0 radical (unpaired) electrons. The molecule has 8 heteroatoms. The molecule has 0 aromatic heterocycles. The van der Waals surface area contributed by atoms with E-state index in [4.69, 9.17) is 5.11 Å². The molecule has 0 spiro atoms. The fourth-order valence-electron chi connectivity index (χ4n) is 1.76. The summed E-state index contributed by atoms with van der Waals surface area (Å²) < 4.78 is 36.9.